The molecule has 0 bridgehead atoms. The Bertz CT molecular complexity index is 508. The van der Waals surface area contributed by atoms with Crippen LogP contribution in [0.3, 0.4) is 0 Å². The number of halogens is 1. The van der Waals surface area contributed by atoms with E-state index in [0.29, 0.717) is 6.54 Å². The maximum absolute atomic E-state index is 5.53. The summed E-state index contributed by atoms with van der Waals surface area (Å²) in [7, 11) is 0. The summed E-state index contributed by atoms with van der Waals surface area (Å²) < 4.78 is 3.00. The van der Waals surface area contributed by atoms with Gasteiger partial charge in [-0.3, -0.25) is 4.98 Å². The molecule has 0 fully saturated rings. The summed E-state index contributed by atoms with van der Waals surface area (Å²) in [6, 6.07) is 1.98. The maximum Gasteiger partial charge on any atom is 0.165 e. The number of aryl methyl sites for hydroxylation is 1. The van der Waals surface area contributed by atoms with E-state index < -0.39 is 0 Å². The first kappa shape index (κ1) is 12.2. The highest BCUT2D eigenvalue weighted by atomic mass is 79.9. The first-order valence-corrected chi connectivity index (χ1v) is 6.22. The van der Waals surface area contributed by atoms with Gasteiger partial charge in [0.1, 0.15) is 5.82 Å². The van der Waals surface area contributed by atoms with Crippen LogP contribution in [0.5, 0.6) is 0 Å². The molecule has 2 aromatic rings. The number of pyridine rings is 1. The lowest BCUT2D eigenvalue weighted by Crippen LogP contribution is -2.08. The van der Waals surface area contributed by atoms with Gasteiger partial charge in [0.25, 0.3) is 0 Å². The molecule has 0 unspecified atom stereocenters. The van der Waals surface area contributed by atoms with Gasteiger partial charge in [0.15, 0.2) is 5.82 Å². The van der Waals surface area contributed by atoms with Crippen molar-refractivity contribution in [3.63, 3.8) is 0 Å². The number of rotatable bonds is 4. The standard InChI is InChI=1S/C11H14BrN5/c1-8-15-16-11(17(8)4-2-3-13)9-5-10(12)7-14-6-9/h5-7H,2-4,13H2,1H3. The molecule has 0 aliphatic rings. The summed E-state index contributed by atoms with van der Waals surface area (Å²) >= 11 is 3.40. The van der Waals surface area contributed by atoms with Crippen molar-refractivity contribution in [1.82, 2.24) is 19.7 Å². The maximum atomic E-state index is 5.53. The second-order valence-corrected chi connectivity index (χ2v) is 4.67. The van der Waals surface area contributed by atoms with E-state index in [1.807, 2.05) is 13.0 Å². The largest absolute Gasteiger partial charge is 0.330 e. The van der Waals surface area contributed by atoms with Crippen LogP contribution in [0.1, 0.15) is 12.2 Å². The van der Waals surface area contributed by atoms with Gasteiger partial charge >= 0.3 is 0 Å². The number of aromatic nitrogens is 4. The van der Waals surface area contributed by atoms with Gasteiger partial charge in [0, 0.05) is 29.0 Å². The molecule has 0 saturated carbocycles. The van der Waals surface area contributed by atoms with Crippen molar-refractivity contribution in [3.8, 4) is 11.4 Å². The number of nitrogens with two attached hydrogens (primary N) is 1. The molecular formula is C11H14BrN5. The zero-order valence-corrected chi connectivity index (χ0v) is 11.2. The van der Waals surface area contributed by atoms with Crippen LogP contribution in [0.25, 0.3) is 11.4 Å². The van der Waals surface area contributed by atoms with Crippen molar-refractivity contribution in [2.45, 2.75) is 19.9 Å². The highest BCUT2D eigenvalue weighted by molar-refractivity contribution is 9.10. The zero-order chi connectivity index (χ0) is 12.3. The van der Waals surface area contributed by atoms with Crippen LogP contribution in [0.4, 0.5) is 0 Å². The summed E-state index contributed by atoms with van der Waals surface area (Å²) in [5.74, 6) is 1.73. The smallest absolute Gasteiger partial charge is 0.165 e. The average Bonchev–Trinajstić information content (AvgIpc) is 2.68. The Kier molecular flexibility index (Phi) is 3.86. The minimum absolute atomic E-state index is 0.661. The summed E-state index contributed by atoms with van der Waals surface area (Å²) in [6.45, 7) is 3.43. The third-order valence-corrected chi connectivity index (χ3v) is 2.92. The van der Waals surface area contributed by atoms with Crippen molar-refractivity contribution in [2.24, 2.45) is 5.73 Å². The summed E-state index contributed by atoms with van der Waals surface area (Å²) in [5.41, 5.74) is 6.49. The van der Waals surface area contributed by atoms with Crippen LogP contribution in [-0.4, -0.2) is 26.3 Å². The van der Waals surface area contributed by atoms with E-state index in [2.05, 4.69) is 35.7 Å². The third-order valence-electron chi connectivity index (χ3n) is 2.48. The second kappa shape index (κ2) is 5.37. The number of hydrogen-bond donors (Lipinski definition) is 1. The van der Waals surface area contributed by atoms with Crippen molar-refractivity contribution in [1.29, 1.82) is 0 Å². The molecule has 0 aromatic carbocycles. The lowest BCUT2D eigenvalue weighted by molar-refractivity contribution is 0.637. The van der Waals surface area contributed by atoms with Crippen LogP contribution >= 0.6 is 15.9 Å². The van der Waals surface area contributed by atoms with Crippen molar-refractivity contribution in [2.75, 3.05) is 6.54 Å². The predicted octanol–water partition coefficient (Wildman–Crippen LogP) is 1.76. The molecule has 2 heterocycles. The molecule has 0 radical (unpaired) electrons. The molecule has 5 nitrogen and oxygen atoms in total. The van der Waals surface area contributed by atoms with E-state index in [9.17, 15) is 0 Å². The number of nitrogens with zero attached hydrogens (tertiary/aromatic N) is 4. The van der Waals surface area contributed by atoms with Crippen LogP contribution in [0.15, 0.2) is 22.9 Å². The molecule has 90 valence electrons. The van der Waals surface area contributed by atoms with E-state index in [-0.39, 0.29) is 0 Å². The lowest BCUT2D eigenvalue weighted by Gasteiger charge is -2.07. The van der Waals surface area contributed by atoms with Gasteiger partial charge in [-0.15, -0.1) is 10.2 Å². The van der Waals surface area contributed by atoms with Gasteiger partial charge in [-0.05, 0) is 41.9 Å². The van der Waals surface area contributed by atoms with E-state index in [1.54, 1.807) is 12.4 Å². The van der Waals surface area contributed by atoms with Crippen molar-refractivity contribution >= 4 is 15.9 Å². The Morgan fingerprint density at radius 1 is 1.35 bits per heavy atom. The Labute approximate surface area is 108 Å². The Morgan fingerprint density at radius 2 is 2.18 bits per heavy atom. The van der Waals surface area contributed by atoms with Gasteiger partial charge in [-0.2, -0.15) is 0 Å². The average molecular weight is 296 g/mol. The first-order valence-electron chi connectivity index (χ1n) is 5.43. The Balaban J connectivity index is 2.38. The fraction of sp³-hybridized carbons (Fsp3) is 0.364. The molecule has 0 aliphatic heterocycles. The van der Waals surface area contributed by atoms with E-state index in [1.165, 1.54) is 0 Å². The highest BCUT2D eigenvalue weighted by Crippen LogP contribution is 2.20. The molecular weight excluding hydrogens is 282 g/mol. The van der Waals surface area contributed by atoms with Crippen molar-refractivity contribution in [3.05, 3.63) is 28.8 Å². The summed E-state index contributed by atoms with van der Waals surface area (Å²) in [5, 5.41) is 8.30. The molecule has 2 N–H and O–H groups in total. The molecule has 0 aliphatic carbocycles. The molecule has 17 heavy (non-hydrogen) atoms. The van der Waals surface area contributed by atoms with Gasteiger partial charge in [0.2, 0.25) is 0 Å². The Morgan fingerprint density at radius 3 is 2.88 bits per heavy atom. The molecule has 0 amide bonds. The fourth-order valence-electron chi connectivity index (χ4n) is 1.65. The van der Waals surface area contributed by atoms with Crippen LogP contribution < -0.4 is 5.73 Å². The first-order chi connectivity index (χ1) is 8.22. The summed E-state index contributed by atoms with van der Waals surface area (Å²) in [4.78, 5) is 4.14. The van der Waals surface area contributed by atoms with Gasteiger partial charge in [-0.1, -0.05) is 0 Å². The fourth-order valence-corrected chi connectivity index (χ4v) is 2.01. The molecule has 0 spiro atoms. The molecule has 2 rings (SSSR count). The van der Waals surface area contributed by atoms with Crippen molar-refractivity contribution < 1.29 is 0 Å². The van der Waals surface area contributed by atoms with E-state index in [0.717, 1.165) is 34.7 Å². The Hall–Kier alpha value is -1.27. The quantitative estimate of drug-likeness (QED) is 0.933. The minimum atomic E-state index is 0.661. The topological polar surface area (TPSA) is 69.6 Å². The monoisotopic (exact) mass is 295 g/mol. The van der Waals surface area contributed by atoms with Crippen LogP contribution in [0.2, 0.25) is 0 Å². The molecule has 6 heteroatoms. The summed E-state index contributed by atoms with van der Waals surface area (Å²) in [6.07, 6.45) is 4.44. The molecule has 2 aromatic heterocycles. The second-order valence-electron chi connectivity index (χ2n) is 3.76. The normalized spacial score (nSPS) is 10.8. The molecule has 0 atom stereocenters. The highest BCUT2D eigenvalue weighted by Gasteiger charge is 2.10. The number of hydrogen-bond acceptors (Lipinski definition) is 4. The van der Waals surface area contributed by atoms with Gasteiger partial charge in [-0.25, -0.2) is 0 Å². The SMILES string of the molecule is Cc1nnc(-c2cncc(Br)c2)n1CCCN. The van der Waals surface area contributed by atoms with Gasteiger partial charge in [0.05, 0.1) is 0 Å². The van der Waals surface area contributed by atoms with Crippen LogP contribution in [-0.2, 0) is 6.54 Å². The zero-order valence-electron chi connectivity index (χ0n) is 9.60. The third kappa shape index (κ3) is 2.70. The predicted molar refractivity (Wildman–Crippen MR) is 69.4 cm³/mol. The minimum Gasteiger partial charge on any atom is -0.330 e. The van der Waals surface area contributed by atoms with E-state index in [4.69, 9.17) is 5.73 Å². The van der Waals surface area contributed by atoms with Crippen LogP contribution in [0, 0.1) is 6.92 Å². The van der Waals surface area contributed by atoms with E-state index >= 15 is 0 Å². The van der Waals surface area contributed by atoms with Gasteiger partial charge < -0.3 is 10.3 Å². The molecule has 0 saturated heterocycles. The lowest BCUT2D eigenvalue weighted by atomic mass is 10.2.